The number of nitrogens with two attached hydrogens (primary N) is 1. The Kier molecular flexibility index (Phi) is 3.08. The maximum atomic E-state index is 13.3. The first-order chi connectivity index (χ1) is 6.81. The molecule has 0 fully saturated rings. The normalized spacial score (nSPS) is 19.7. The van der Waals surface area contributed by atoms with Crippen LogP contribution in [0.3, 0.4) is 0 Å². The molecule has 1 aliphatic heterocycles. The van der Waals surface area contributed by atoms with E-state index in [1.54, 1.807) is 23.9 Å². The van der Waals surface area contributed by atoms with Gasteiger partial charge in [0.25, 0.3) is 0 Å². The fraction of sp³-hybridized carbons (Fsp3) is 0.455. The van der Waals surface area contributed by atoms with Crippen molar-refractivity contribution in [3.05, 3.63) is 29.6 Å². The molecule has 1 nitrogen and oxygen atoms in total. The van der Waals surface area contributed by atoms with Crippen LogP contribution in [-0.2, 0) is 6.42 Å². The molecule has 76 valence electrons. The summed E-state index contributed by atoms with van der Waals surface area (Å²) < 4.78 is 13.3. The molecule has 0 spiro atoms. The van der Waals surface area contributed by atoms with E-state index in [2.05, 4.69) is 0 Å². The standard InChI is InChI=1S/C11H14FNS/c12-10-4-1-5-11-9(10)7-8(14-11)3-2-6-13/h1,4-5,8H,2-3,6-7,13H2. The summed E-state index contributed by atoms with van der Waals surface area (Å²) in [4.78, 5) is 1.12. The molecule has 0 aliphatic carbocycles. The van der Waals surface area contributed by atoms with Gasteiger partial charge in [-0.3, -0.25) is 0 Å². The minimum atomic E-state index is -0.0507. The zero-order valence-corrected chi connectivity index (χ0v) is 8.82. The van der Waals surface area contributed by atoms with Crippen LogP contribution in [0.1, 0.15) is 18.4 Å². The van der Waals surface area contributed by atoms with Crippen molar-refractivity contribution in [3.8, 4) is 0 Å². The van der Waals surface area contributed by atoms with E-state index in [9.17, 15) is 4.39 Å². The number of hydrogen-bond acceptors (Lipinski definition) is 2. The van der Waals surface area contributed by atoms with Crippen molar-refractivity contribution in [1.82, 2.24) is 0 Å². The van der Waals surface area contributed by atoms with Crippen molar-refractivity contribution in [1.29, 1.82) is 0 Å². The lowest BCUT2D eigenvalue weighted by Crippen LogP contribution is -2.06. The number of fused-ring (bicyclic) bond motifs is 1. The Morgan fingerprint density at radius 2 is 2.36 bits per heavy atom. The van der Waals surface area contributed by atoms with Crippen LogP contribution in [0.15, 0.2) is 23.1 Å². The van der Waals surface area contributed by atoms with Crippen LogP contribution >= 0.6 is 11.8 Å². The lowest BCUT2D eigenvalue weighted by molar-refractivity contribution is 0.599. The summed E-state index contributed by atoms with van der Waals surface area (Å²) >= 11 is 1.79. The van der Waals surface area contributed by atoms with Crippen molar-refractivity contribution in [2.24, 2.45) is 5.73 Å². The Morgan fingerprint density at radius 1 is 1.50 bits per heavy atom. The van der Waals surface area contributed by atoms with Gasteiger partial charge in [0.05, 0.1) is 0 Å². The van der Waals surface area contributed by atoms with Gasteiger partial charge >= 0.3 is 0 Å². The quantitative estimate of drug-likeness (QED) is 0.831. The molecule has 14 heavy (non-hydrogen) atoms. The average molecular weight is 211 g/mol. The second-order valence-corrected chi connectivity index (χ2v) is 4.93. The number of hydrogen-bond donors (Lipinski definition) is 1. The van der Waals surface area contributed by atoms with Crippen molar-refractivity contribution in [2.45, 2.75) is 29.4 Å². The monoisotopic (exact) mass is 211 g/mol. The Bertz CT molecular complexity index is 327. The highest BCUT2D eigenvalue weighted by Gasteiger charge is 2.23. The van der Waals surface area contributed by atoms with Crippen LogP contribution in [0.4, 0.5) is 4.39 Å². The predicted octanol–water partition coefficient (Wildman–Crippen LogP) is 2.58. The van der Waals surface area contributed by atoms with Crippen molar-refractivity contribution in [2.75, 3.05) is 6.54 Å². The largest absolute Gasteiger partial charge is 0.330 e. The van der Waals surface area contributed by atoms with Gasteiger partial charge in [-0.05, 0) is 37.9 Å². The number of halogens is 1. The Morgan fingerprint density at radius 3 is 3.07 bits per heavy atom. The van der Waals surface area contributed by atoms with Crippen LogP contribution < -0.4 is 5.73 Å². The SMILES string of the molecule is NCCCC1Cc2c(F)cccc2S1. The van der Waals surface area contributed by atoms with E-state index in [4.69, 9.17) is 5.73 Å². The Labute approximate surface area is 87.9 Å². The molecule has 1 aromatic carbocycles. The predicted molar refractivity (Wildman–Crippen MR) is 58.0 cm³/mol. The van der Waals surface area contributed by atoms with Crippen molar-refractivity contribution < 1.29 is 4.39 Å². The molecule has 2 N–H and O–H groups in total. The summed E-state index contributed by atoms with van der Waals surface area (Å²) in [7, 11) is 0. The lowest BCUT2D eigenvalue weighted by Gasteiger charge is -2.05. The highest BCUT2D eigenvalue weighted by molar-refractivity contribution is 8.00. The first kappa shape index (κ1) is 9.99. The van der Waals surface area contributed by atoms with Crippen molar-refractivity contribution in [3.63, 3.8) is 0 Å². The van der Waals surface area contributed by atoms with Crippen LogP contribution in [0.2, 0.25) is 0 Å². The Balaban J connectivity index is 2.06. The molecule has 0 radical (unpaired) electrons. The first-order valence-corrected chi connectivity index (χ1v) is 5.83. The molecule has 1 heterocycles. The van der Waals surface area contributed by atoms with E-state index in [1.807, 2.05) is 6.07 Å². The van der Waals surface area contributed by atoms with E-state index in [0.29, 0.717) is 5.25 Å². The fourth-order valence-electron chi connectivity index (χ4n) is 1.80. The summed E-state index contributed by atoms with van der Waals surface area (Å²) in [6, 6.07) is 5.34. The molecule has 0 amide bonds. The van der Waals surface area contributed by atoms with Gasteiger partial charge in [-0.2, -0.15) is 0 Å². The summed E-state index contributed by atoms with van der Waals surface area (Å²) in [6.07, 6.45) is 3.00. The molecule has 0 saturated carbocycles. The lowest BCUT2D eigenvalue weighted by atomic mass is 10.1. The number of rotatable bonds is 3. The van der Waals surface area contributed by atoms with Gasteiger partial charge in [-0.1, -0.05) is 6.07 Å². The summed E-state index contributed by atoms with van der Waals surface area (Å²) in [6.45, 7) is 0.732. The van der Waals surface area contributed by atoms with Gasteiger partial charge in [-0.25, -0.2) is 4.39 Å². The van der Waals surface area contributed by atoms with Gasteiger partial charge in [-0.15, -0.1) is 11.8 Å². The van der Waals surface area contributed by atoms with Gasteiger partial charge < -0.3 is 5.73 Å². The number of benzene rings is 1. The molecule has 1 atom stereocenters. The van der Waals surface area contributed by atoms with Crippen molar-refractivity contribution >= 4 is 11.8 Å². The smallest absolute Gasteiger partial charge is 0.127 e. The second kappa shape index (κ2) is 4.32. The first-order valence-electron chi connectivity index (χ1n) is 4.95. The van der Waals surface area contributed by atoms with E-state index in [1.165, 1.54) is 0 Å². The van der Waals surface area contributed by atoms with Gasteiger partial charge in [0.2, 0.25) is 0 Å². The zero-order chi connectivity index (χ0) is 9.97. The van der Waals surface area contributed by atoms with Gasteiger partial charge in [0.15, 0.2) is 0 Å². The molecular formula is C11H14FNS. The maximum absolute atomic E-state index is 13.3. The van der Waals surface area contributed by atoms with Gasteiger partial charge in [0, 0.05) is 15.7 Å². The summed E-state index contributed by atoms with van der Waals surface area (Å²) in [5, 5.41) is 0.533. The molecule has 1 aliphatic rings. The van der Waals surface area contributed by atoms with Crippen LogP contribution in [-0.4, -0.2) is 11.8 Å². The maximum Gasteiger partial charge on any atom is 0.127 e. The third-order valence-corrected chi connectivity index (χ3v) is 3.90. The fourth-order valence-corrected chi connectivity index (χ4v) is 3.18. The Hall–Kier alpha value is -0.540. The molecule has 0 aromatic heterocycles. The highest BCUT2D eigenvalue weighted by atomic mass is 32.2. The number of thioether (sulfide) groups is 1. The van der Waals surface area contributed by atoms with E-state index in [0.717, 1.165) is 36.3 Å². The van der Waals surface area contributed by atoms with Crippen LogP contribution in [0.5, 0.6) is 0 Å². The molecule has 1 aromatic rings. The van der Waals surface area contributed by atoms with Gasteiger partial charge in [0.1, 0.15) is 5.82 Å². The third-order valence-electron chi connectivity index (χ3n) is 2.53. The van der Waals surface area contributed by atoms with E-state index in [-0.39, 0.29) is 5.82 Å². The molecule has 0 bridgehead atoms. The highest BCUT2D eigenvalue weighted by Crippen LogP contribution is 2.39. The molecular weight excluding hydrogens is 197 g/mol. The second-order valence-electron chi connectivity index (χ2n) is 3.59. The minimum absolute atomic E-state index is 0.0507. The van der Waals surface area contributed by atoms with E-state index >= 15 is 0 Å². The minimum Gasteiger partial charge on any atom is -0.330 e. The molecule has 1 unspecified atom stereocenters. The van der Waals surface area contributed by atoms with Crippen LogP contribution in [0, 0.1) is 5.82 Å². The topological polar surface area (TPSA) is 26.0 Å². The molecule has 0 saturated heterocycles. The van der Waals surface area contributed by atoms with Crippen LogP contribution in [0.25, 0.3) is 0 Å². The zero-order valence-electron chi connectivity index (χ0n) is 8.00. The average Bonchev–Trinajstić information content (AvgIpc) is 2.59. The molecule has 2 rings (SSSR count). The molecule has 3 heteroatoms. The van der Waals surface area contributed by atoms with E-state index < -0.39 is 0 Å². The summed E-state index contributed by atoms with van der Waals surface area (Å²) in [5.41, 5.74) is 6.36. The summed E-state index contributed by atoms with van der Waals surface area (Å²) in [5.74, 6) is -0.0507. The third kappa shape index (κ3) is 1.93.